The second kappa shape index (κ2) is 7.13. The molecule has 4 aliphatic rings. The number of nitrogens with one attached hydrogen (secondary N) is 2. The van der Waals surface area contributed by atoms with E-state index in [0.29, 0.717) is 44.8 Å². The van der Waals surface area contributed by atoms with Gasteiger partial charge in [-0.15, -0.1) is 0 Å². The normalized spacial score (nSPS) is 25.6. The molecule has 148 valence electrons. The molecule has 2 saturated heterocycles. The Morgan fingerprint density at radius 1 is 1.04 bits per heavy atom. The van der Waals surface area contributed by atoms with Crippen LogP contribution in [0.5, 0.6) is 0 Å². The molecule has 0 aromatic carbocycles. The number of amides is 5. The summed E-state index contributed by atoms with van der Waals surface area (Å²) in [4.78, 5) is 52.6. The molecule has 2 saturated carbocycles. The Hall–Kier alpha value is -2.12. The van der Waals surface area contributed by atoms with E-state index in [2.05, 4.69) is 10.6 Å². The largest absolute Gasteiger partial charge is 0.353 e. The lowest BCUT2D eigenvalue weighted by molar-refractivity contribution is -0.141. The van der Waals surface area contributed by atoms with E-state index in [4.69, 9.17) is 0 Å². The van der Waals surface area contributed by atoms with Crippen molar-refractivity contribution in [2.24, 2.45) is 5.92 Å². The van der Waals surface area contributed by atoms with Crippen molar-refractivity contribution in [2.75, 3.05) is 19.6 Å². The van der Waals surface area contributed by atoms with Crippen LogP contribution >= 0.6 is 0 Å². The molecule has 1 spiro atoms. The lowest BCUT2D eigenvalue weighted by atomic mass is 9.82. The van der Waals surface area contributed by atoms with Gasteiger partial charge >= 0.3 is 6.03 Å². The quantitative estimate of drug-likeness (QED) is 0.708. The van der Waals surface area contributed by atoms with Crippen molar-refractivity contribution in [1.82, 2.24) is 20.4 Å². The third-order valence-corrected chi connectivity index (χ3v) is 6.39. The number of hydrogen-bond donors (Lipinski definition) is 2. The van der Waals surface area contributed by atoms with E-state index in [9.17, 15) is 19.2 Å². The van der Waals surface area contributed by atoms with E-state index in [1.54, 1.807) is 4.90 Å². The van der Waals surface area contributed by atoms with Crippen LogP contribution in [0.1, 0.15) is 57.8 Å². The average molecular weight is 376 g/mol. The molecule has 2 aliphatic carbocycles. The van der Waals surface area contributed by atoms with Crippen LogP contribution in [-0.2, 0) is 14.4 Å². The zero-order valence-corrected chi connectivity index (χ0v) is 15.7. The fourth-order valence-electron chi connectivity index (χ4n) is 4.49. The molecular weight excluding hydrogens is 348 g/mol. The molecule has 0 atom stereocenters. The summed E-state index contributed by atoms with van der Waals surface area (Å²) in [6, 6.07) is -0.0992. The third-order valence-electron chi connectivity index (χ3n) is 6.39. The van der Waals surface area contributed by atoms with E-state index in [0.717, 1.165) is 37.0 Å². The summed E-state index contributed by atoms with van der Waals surface area (Å²) < 4.78 is 0. The Balaban J connectivity index is 1.29. The van der Waals surface area contributed by atoms with E-state index < -0.39 is 11.6 Å². The van der Waals surface area contributed by atoms with Gasteiger partial charge in [-0.25, -0.2) is 4.79 Å². The Bertz CT molecular complexity index is 646. The highest BCUT2D eigenvalue weighted by Gasteiger charge is 2.51. The molecule has 0 radical (unpaired) electrons. The molecule has 5 amide bonds. The van der Waals surface area contributed by atoms with Gasteiger partial charge in [0.2, 0.25) is 11.8 Å². The first-order chi connectivity index (χ1) is 13.0. The minimum atomic E-state index is -0.788. The third kappa shape index (κ3) is 3.66. The first-order valence-corrected chi connectivity index (χ1v) is 10.2. The number of piperidine rings is 1. The molecule has 2 heterocycles. The number of nitrogens with zero attached hydrogens (tertiary/aromatic N) is 2. The van der Waals surface area contributed by atoms with Crippen molar-refractivity contribution in [3.05, 3.63) is 0 Å². The predicted octanol–water partition coefficient (Wildman–Crippen LogP) is 0.758. The van der Waals surface area contributed by atoms with Gasteiger partial charge in [0, 0.05) is 25.0 Å². The molecule has 0 bridgehead atoms. The highest BCUT2D eigenvalue weighted by molar-refractivity contribution is 6.09. The minimum absolute atomic E-state index is 0.0446. The second-order valence-electron chi connectivity index (χ2n) is 8.40. The van der Waals surface area contributed by atoms with Gasteiger partial charge in [-0.2, -0.15) is 0 Å². The predicted molar refractivity (Wildman–Crippen MR) is 96.5 cm³/mol. The number of hydrogen-bond acceptors (Lipinski definition) is 4. The molecule has 8 nitrogen and oxygen atoms in total. The molecule has 2 aliphatic heterocycles. The van der Waals surface area contributed by atoms with Crippen molar-refractivity contribution < 1.29 is 19.2 Å². The summed E-state index contributed by atoms with van der Waals surface area (Å²) in [5, 5.41) is 5.86. The zero-order valence-electron chi connectivity index (χ0n) is 15.7. The number of rotatable bonds is 4. The molecule has 4 rings (SSSR count). The van der Waals surface area contributed by atoms with Crippen molar-refractivity contribution >= 4 is 23.8 Å². The standard InChI is InChI=1S/C19H28N4O4/c24-15(22-10-6-13(7-11-22)16(25)20-14-4-5-14)12-23-17(26)19(21-18(23)27)8-2-1-3-9-19/h13-14H,1-12H2,(H,20,25)(H,21,27). The van der Waals surface area contributed by atoms with Gasteiger partial charge in [0.25, 0.3) is 5.91 Å². The van der Waals surface area contributed by atoms with Gasteiger partial charge in [0.15, 0.2) is 0 Å². The number of likely N-dealkylation sites (tertiary alicyclic amines) is 1. The number of carbonyl (C=O) groups excluding carboxylic acids is 4. The number of carbonyl (C=O) groups is 4. The highest BCUT2D eigenvalue weighted by atomic mass is 16.2. The van der Waals surface area contributed by atoms with Crippen molar-refractivity contribution in [1.29, 1.82) is 0 Å². The highest BCUT2D eigenvalue weighted by Crippen LogP contribution is 2.33. The van der Waals surface area contributed by atoms with Gasteiger partial charge in [-0.3, -0.25) is 19.3 Å². The van der Waals surface area contributed by atoms with Crippen molar-refractivity contribution in [3.8, 4) is 0 Å². The summed E-state index contributed by atoms with van der Waals surface area (Å²) in [6.07, 6.45) is 7.63. The van der Waals surface area contributed by atoms with Gasteiger partial charge in [0.05, 0.1) is 0 Å². The van der Waals surface area contributed by atoms with Crippen LogP contribution in [0.2, 0.25) is 0 Å². The first kappa shape index (κ1) is 18.3. The fraction of sp³-hybridized carbons (Fsp3) is 0.789. The van der Waals surface area contributed by atoms with Crippen LogP contribution in [-0.4, -0.2) is 64.8 Å². The Kier molecular flexibility index (Phi) is 4.82. The van der Waals surface area contributed by atoms with Gasteiger partial charge in [0.1, 0.15) is 12.1 Å². The Morgan fingerprint density at radius 2 is 1.70 bits per heavy atom. The van der Waals surface area contributed by atoms with Crippen LogP contribution in [0.25, 0.3) is 0 Å². The smallest absolute Gasteiger partial charge is 0.325 e. The van der Waals surface area contributed by atoms with Crippen molar-refractivity contribution in [2.45, 2.75) is 69.4 Å². The Morgan fingerprint density at radius 3 is 2.33 bits per heavy atom. The maximum Gasteiger partial charge on any atom is 0.325 e. The maximum absolute atomic E-state index is 12.8. The molecule has 2 N–H and O–H groups in total. The van der Waals surface area contributed by atoms with Gasteiger partial charge < -0.3 is 15.5 Å². The molecular formula is C19H28N4O4. The average Bonchev–Trinajstić information content (AvgIpc) is 3.46. The van der Waals surface area contributed by atoms with E-state index in [1.165, 1.54) is 0 Å². The van der Waals surface area contributed by atoms with Gasteiger partial charge in [-0.1, -0.05) is 19.3 Å². The summed E-state index contributed by atoms with van der Waals surface area (Å²) in [5.41, 5.74) is -0.788. The van der Waals surface area contributed by atoms with E-state index in [-0.39, 0.29) is 30.2 Å². The Labute approximate surface area is 159 Å². The SMILES string of the molecule is O=C(NC1CC1)C1CCN(C(=O)CN2C(=O)NC3(CCCCC3)C2=O)CC1. The summed E-state index contributed by atoms with van der Waals surface area (Å²) >= 11 is 0. The lowest BCUT2D eigenvalue weighted by Crippen LogP contribution is -2.50. The summed E-state index contributed by atoms with van der Waals surface area (Å²) in [5.74, 6) is -0.415. The lowest BCUT2D eigenvalue weighted by Gasteiger charge is -2.32. The summed E-state index contributed by atoms with van der Waals surface area (Å²) in [7, 11) is 0. The van der Waals surface area contributed by atoms with Crippen LogP contribution in [0.4, 0.5) is 4.79 Å². The van der Waals surface area contributed by atoms with Crippen LogP contribution in [0.15, 0.2) is 0 Å². The molecule has 0 aromatic heterocycles. The fourth-order valence-corrected chi connectivity index (χ4v) is 4.49. The maximum atomic E-state index is 12.8. The molecule has 0 unspecified atom stereocenters. The molecule has 8 heteroatoms. The molecule has 27 heavy (non-hydrogen) atoms. The minimum Gasteiger partial charge on any atom is -0.353 e. The first-order valence-electron chi connectivity index (χ1n) is 10.2. The van der Waals surface area contributed by atoms with E-state index in [1.807, 2.05) is 0 Å². The second-order valence-corrected chi connectivity index (χ2v) is 8.40. The van der Waals surface area contributed by atoms with Crippen LogP contribution in [0, 0.1) is 5.92 Å². The van der Waals surface area contributed by atoms with Gasteiger partial charge in [-0.05, 0) is 38.5 Å². The number of imide groups is 1. The summed E-state index contributed by atoms with van der Waals surface area (Å²) in [6.45, 7) is 0.790. The molecule has 4 fully saturated rings. The molecule has 0 aromatic rings. The topological polar surface area (TPSA) is 98.8 Å². The number of urea groups is 1. The van der Waals surface area contributed by atoms with Crippen molar-refractivity contribution in [3.63, 3.8) is 0 Å². The monoisotopic (exact) mass is 376 g/mol. The zero-order chi connectivity index (χ0) is 19.0. The van der Waals surface area contributed by atoms with Crippen LogP contribution in [0.3, 0.4) is 0 Å². The van der Waals surface area contributed by atoms with E-state index >= 15 is 0 Å². The van der Waals surface area contributed by atoms with Crippen LogP contribution < -0.4 is 10.6 Å².